The van der Waals surface area contributed by atoms with Crippen molar-refractivity contribution in [2.24, 2.45) is 17.6 Å². The van der Waals surface area contributed by atoms with Crippen LogP contribution in [0.15, 0.2) is 0 Å². The van der Waals surface area contributed by atoms with Gasteiger partial charge in [0, 0.05) is 5.54 Å². The van der Waals surface area contributed by atoms with E-state index < -0.39 is 0 Å². The van der Waals surface area contributed by atoms with Gasteiger partial charge in [-0.2, -0.15) is 0 Å². The number of hydrogen-bond acceptors (Lipinski definition) is 1. The monoisotopic (exact) mass is 353 g/mol. The molecule has 0 saturated heterocycles. The van der Waals surface area contributed by atoms with Crippen LogP contribution in [0.4, 0.5) is 0 Å². The average Bonchev–Trinajstić information content (AvgIpc) is 2.56. The van der Waals surface area contributed by atoms with Crippen molar-refractivity contribution >= 4 is 0 Å². The lowest BCUT2D eigenvalue weighted by Gasteiger charge is -2.35. The Morgan fingerprint density at radius 3 is 1.32 bits per heavy atom. The minimum Gasteiger partial charge on any atom is -0.325 e. The number of unbranched alkanes of at least 4 members (excludes halogenated alkanes) is 13. The molecule has 2 atom stereocenters. The van der Waals surface area contributed by atoms with Gasteiger partial charge in [-0.25, -0.2) is 0 Å². The van der Waals surface area contributed by atoms with Gasteiger partial charge in [0.25, 0.3) is 0 Å². The third-order valence-corrected chi connectivity index (χ3v) is 6.16. The second-order valence-corrected chi connectivity index (χ2v) is 9.20. The van der Waals surface area contributed by atoms with Crippen LogP contribution in [-0.2, 0) is 0 Å². The molecule has 0 aliphatic heterocycles. The molecule has 0 fully saturated rings. The van der Waals surface area contributed by atoms with Crippen LogP contribution < -0.4 is 5.73 Å². The summed E-state index contributed by atoms with van der Waals surface area (Å²) in [5, 5.41) is 0. The van der Waals surface area contributed by atoms with Gasteiger partial charge < -0.3 is 5.73 Å². The predicted octanol–water partition coefficient (Wildman–Crippen LogP) is 8.26. The van der Waals surface area contributed by atoms with E-state index in [1.807, 2.05) is 0 Å². The van der Waals surface area contributed by atoms with Crippen LogP contribution in [0.1, 0.15) is 137 Å². The molecule has 0 aliphatic carbocycles. The summed E-state index contributed by atoms with van der Waals surface area (Å²) in [5.41, 5.74) is 6.39. The maximum Gasteiger partial charge on any atom is 0.0128 e. The third-order valence-electron chi connectivity index (χ3n) is 6.16. The fourth-order valence-corrected chi connectivity index (χ4v) is 4.23. The minimum atomic E-state index is -0.0219. The van der Waals surface area contributed by atoms with Crippen molar-refractivity contribution in [1.82, 2.24) is 0 Å². The van der Waals surface area contributed by atoms with Crippen LogP contribution in [0.2, 0.25) is 0 Å². The second-order valence-electron chi connectivity index (χ2n) is 9.20. The van der Waals surface area contributed by atoms with Crippen LogP contribution in [0.25, 0.3) is 0 Å². The van der Waals surface area contributed by atoms with Crippen LogP contribution in [0.5, 0.6) is 0 Å². The summed E-state index contributed by atoms with van der Waals surface area (Å²) in [6.07, 6.45) is 22.7. The van der Waals surface area contributed by atoms with E-state index in [1.165, 1.54) is 103 Å². The zero-order chi connectivity index (χ0) is 19.0. The highest BCUT2D eigenvalue weighted by atomic mass is 14.7. The molecule has 0 saturated carbocycles. The molecule has 0 aliphatic rings. The van der Waals surface area contributed by atoms with Crippen molar-refractivity contribution in [2.45, 2.75) is 143 Å². The number of rotatable bonds is 18. The van der Waals surface area contributed by atoms with E-state index >= 15 is 0 Å². The molecule has 25 heavy (non-hydrogen) atoms. The fraction of sp³-hybridized carbons (Fsp3) is 1.00. The molecular weight excluding hydrogens is 302 g/mol. The Hall–Kier alpha value is -0.0400. The van der Waals surface area contributed by atoms with E-state index in [4.69, 9.17) is 5.73 Å². The second kappa shape index (κ2) is 16.2. The van der Waals surface area contributed by atoms with Crippen LogP contribution in [0.3, 0.4) is 0 Å². The van der Waals surface area contributed by atoms with Crippen LogP contribution in [0, 0.1) is 11.8 Å². The Kier molecular flexibility index (Phi) is 16.1. The van der Waals surface area contributed by atoms with E-state index in [0.29, 0.717) is 5.92 Å². The standard InChI is InChI=1S/C24H51N/c1-6-8-9-10-11-12-13-14-15-16-17-18-19-20-21-23(22(3)7-2)24(4,5)25/h22-23H,6-21,25H2,1-5H3. The fourth-order valence-electron chi connectivity index (χ4n) is 4.23. The van der Waals surface area contributed by atoms with E-state index in [2.05, 4.69) is 34.6 Å². The molecule has 0 rings (SSSR count). The quantitative estimate of drug-likeness (QED) is 0.246. The molecule has 0 amide bonds. The normalized spacial score (nSPS) is 14.6. The maximum absolute atomic E-state index is 6.41. The molecule has 152 valence electrons. The summed E-state index contributed by atoms with van der Waals surface area (Å²) in [6.45, 7) is 11.4. The Balaban J connectivity index is 3.43. The first-order chi connectivity index (χ1) is 11.9. The van der Waals surface area contributed by atoms with Crippen molar-refractivity contribution in [2.75, 3.05) is 0 Å². The molecule has 0 heterocycles. The van der Waals surface area contributed by atoms with E-state index in [9.17, 15) is 0 Å². The van der Waals surface area contributed by atoms with Gasteiger partial charge >= 0.3 is 0 Å². The SMILES string of the molecule is CCCCCCCCCCCCCCCCC(C(C)CC)C(C)(C)N. The Bertz CT molecular complexity index is 266. The van der Waals surface area contributed by atoms with Gasteiger partial charge in [0.2, 0.25) is 0 Å². The Morgan fingerprint density at radius 1 is 0.640 bits per heavy atom. The summed E-state index contributed by atoms with van der Waals surface area (Å²) in [7, 11) is 0. The van der Waals surface area contributed by atoms with Gasteiger partial charge in [-0.05, 0) is 32.1 Å². The molecule has 1 nitrogen and oxygen atoms in total. The first-order valence-electron chi connectivity index (χ1n) is 11.7. The molecular formula is C24H51N. The number of hydrogen-bond donors (Lipinski definition) is 1. The van der Waals surface area contributed by atoms with Gasteiger partial charge in [-0.3, -0.25) is 0 Å². The zero-order valence-electron chi connectivity index (χ0n) is 18.5. The lowest BCUT2D eigenvalue weighted by atomic mass is 9.75. The molecule has 2 unspecified atom stereocenters. The lowest BCUT2D eigenvalue weighted by Crippen LogP contribution is -2.43. The van der Waals surface area contributed by atoms with Crippen molar-refractivity contribution in [3.8, 4) is 0 Å². The molecule has 1 heteroatoms. The highest BCUT2D eigenvalue weighted by Gasteiger charge is 2.28. The van der Waals surface area contributed by atoms with E-state index in [1.54, 1.807) is 0 Å². The summed E-state index contributed by atoms with van der Waals surface area (Å²) in [6, 6.07) is 0. The molecule has 2 N–H and O–H groups in total. The van der Waals surface area contributed by atoms with Crippen molar-refractivity contribution < 1.29 is 0 Å². The largest absolute Gasteiger partial charge is 0.325 e. The topological polar surface area (TPSA) is 26.0 Å². The molecule has 0 aromatic carbocycles. The van der Waals surface area contributed by atoms with Gasteiger partial charge in [0.1, 0.15) is 0 Å². The maximum atomic E-state index is 6.41. The molecule has 0 radical (unpaired) electrons. The number of nitrogens with two attached hydrogens (primary N) is 1. The van der Waals surface area contributed by atoms with Gasteiger partial charge in [-0.15, -0.1) is 0 Å². The first kappa shape index (κ1) is 25.0. The average molecular weight is 354 g/mol. The highest BCUT2D eigenvalue weighted by molar-refractivity contribution is 4.85. The molecule has 0 aromatic rings. The van der Waals surface area contributed by atoms with Crippen molar-refractivity contribution in [3.05, 3.63) is 0 Å². The van der Waals surface area contributed by atoms with Crippen LogP contribution in [-0.4, -0.2) is 5.54 Å². The molecule has 0 aromatic heterocycles. The third kappa shape index (κ3) is 14.8. The van der Waals surface area contributed by atoms with Gasteiger partial charge in [0.05, 0.1) is 0 Å². The summed E-state index contributed by atoms with van der Waals surface area (Å²) in [4.78, 5) is 0. The molecule has 0 spiro atoms. The first-order valence-corrected chi connectivity index (χ1v) is 11.7. The van der Waals surface area contributed by atoms with E-state index in [0.717, 1.165) is 5.92 Å². The van der Waals surface area contributed by atoms with E-state index in [-0.39, 0.29) is 5.54 Å². The molecule has 0 bridgehead atoms. The van der Waals surface area contributed by atoms with Gasteiger partial charge in [-0.1, -0.05) is 117 Å². The van der Waals surface area contributed by atoms with Crippen LogP contribution >= 0.6 is 0 Å². The van der Waals surface area contributed by atoms with Crippen molar-refractivity contribution in [3.63, 3.8) is 0 Å². The van der Waals surface area contributed by atoms with Crippen molar-refractivity contribution in [1.29, 1.82) is 0 Å². The Morgan fingerprint density at radius 2 is 1.00 bits per heavy atom. The van der Waals surface area contributed by atoms with Gasteiger partial charge in [0.15, 0.2) is 0 Å². The smallest absolute Gasteiger partial charge is 0.0128 e. The summed E-state index contributed by atoms with van der Waals surface area (Å²) >= 11 is 0. The summed E-state index contributed by atoms with van der Waals surface area (Å²) < 4.78 is 0. The zero-order valence-corrected chi connectivity index (χ0v) is 18.5. The Labute approximate surface area is 160 Å². The predicted molar refractivity (Wildman–Crippen MR) is 116 cm³/mol. The summed E-state index contributed by atoms with van der Waals surface area (Å²) in [5.74, 6) is 1.43. The lowest BCUT2D eigenvalue weighted by molar-refractivity contribution is 0.205. The minimum absolute atomic E-state index is 0.0219. The highest BCUT2D eigenvalue weighted by Crippen LogP contribution is 2.30.